The van der Waals surface area contributed by atoms with E-state index in [4.69, 9.17) is 10.5 Å². The lowest BCUT2D eigenvalue weighted by Crippen LogP contribution is -2.10. The lowest BCUT2D eigenvalue weighted by molar-refractivity contribution is 0.0521. The van der Waals surface area contributed by atoms with Gasteiger partial charge in [-0.3, -0.25) is 4.57 Å². The fourth-order valence-corrected chi connectivity index (χ4v) is 2.06. The zero-order valence-electron chi connectivity index (χ0n) is 10.4. The van der Waals surface area contributed by atoms with Crippen LogP contribution in [0.4, 0.5) is 14.6 Å². The molecule has 106 valence electrons. The highest BCUT2D eigenvalue weighted by molar-refractivity contribution is 9.10. The SMILES string of the molecule is CCOC(=O)c1ncn(-c2c(F)cc(Br)cc2F)c1N. The Morgan fingerprint density at radius 1 is 1.45 bits per heavy atom. The van der Waals surface area contributed by atoms with Crippen molar-refractivity contribution in [2.45, 2.75) is 6.92 Å². The summed E-state index contributed by atoms with van der Waals surface area (Å²) in [6, 6.07) is 2.17. The maximum atomic E-state index is 13.8. The predicted molar refractivity (Wildman–Crippen MR) is 71.5 cm³/mol. The minimum atomic E-state index is -0.837. The molecule has 20 heavy (non-hydrogen) atoms. The Bertz CT molecular complexity index is 650. The summed E-state index contributed by atoms with van der Waals surface area (Å²) in [6.45, 7) is 1.77. The second kappa shape index (κ2) is 5.58. The normalized spacial score (nSPS) is 10.6. The highest BCUT2D eigenvalue weighted by Crippen LogP contribution is 2.26. The van der Waals surface area contributed by atoms with Crippen molar-refractivity contribution in [3.05, 3.63) is 40.3 Å². The van der Waals surface area contributed by atoms with Gasteiger partial charge in [-0.15, -0.1) is 0 Å². The fraction of sp³-hybridized carbons (Fsp3) is 0.167. The van der Waals surface area contributed by atoms with Crippen molar-refractivity contribution in [3.63, 3.8) is 0 Å². The molecule has 0 spiro atoms. The number of benzene rings is 1. The van der Waals surface area contributed by atoms with Gasteiger partial charge in [0.05, 0.1) is 6.61 Å². The summed E-state index contributed by atoms with van der Waals surface area (Å²) in [5.41, 5.74) is 5.10. The number of ether oxygens (including phenoxy) is 1. The Morgan fingerprint density at radius 3 is 2.60 bits per heavy atom. The van der Waals surface area contributed by atoms with E-state index in [1.807, 2.05) is 0 Å². The Hall–Kier alpha value is -1.96. The van der Waals surface area contributed by atoms with Crippen molar-refractivity contribution in [3.8, 4) is 5.69 Å². The van der Waals surface area contributed by atoms with Crippen molar-refractivity contribution >= 4 is 27.7 Å². The number of nitrogen functional groups attached to an aromatic ring is 1. The van der Waals surface area contributed by atoms with E-state index < -0.39 is 23.3 Å². The van der Waals surface area contributed by atoms with E-state index in [0.29, 0.717) is 0 Å². The highest BCUT2D eigenvalue weighted by atomic mass is 79.9. The standard InChI is InChI=1S/C12H10BrF2N3O2/c1-2-20-12(19)9-11(16)18(5-17-9)10-7(14)3-6(13)4-8(10)15/h3-5H,2,16H2,1H3. The minimum Gasteiger partial charge on any atom is -0.461 e. The molecule has 1 aromatic heterocycles. The van der Waals surface area contributed by atoms with Crippen LogP contribution in [0.1, 0.15) is 17.4 Å². The van der Waals surface area contributed by atoms with Crippen LogP contribution in [0.25, 0.3) is 5.69 Å². The van der Waals surface area contributed by atoms with Crippen LogP contribution in [0.3, 0.4) is 0 Å². The Morgan fingerprint density at radius 2 is 2.05 bits per heavy atom. The number of esters is 1. The molecule has 8 heteroatoms. The third-order valence-electron chi connectivity index (χ3n) is 2.50. The van der Waals surface area contributed by atoms with Gasteiger partial charge in [0.2, 0.25) is 0 Å². The molecule has 2 rings (SSSR count). The zero-order valence-corrected chi connectivity index (χ0v) is 11.9. The number of nitrogens with zero attached hydrogens (tertiary/aromatic N) is 2. The van der Waals surface area contributed by atoms with E-state index in [2.05, 4.69) is 20.9 Å². The van der Waals surface area contributed by atoms with Crippen LogP contribution in [0.5, 0.6) is 0 Å². The van der Waals surface area contributed by atoms with Gasteiger partial charge in [0.15, 0.2) is 17.3 Å². The summed E-state index contributed by atoms with van der Waals surface area (Å²) in [5, 5.41) is 0. The molecule has 0 atom stereocenters. The van der Waals surface area contributed by atoms with E-state index in [-0.39, 0.29) is 22.6 Å². The van der Waals surface area contributed by atoms with Crippen LogP contribution in [0.15, 0.2) is 22.9 Å². The number of imidazole rings is 1. The Kier molecular flexibility index (Phi) is 4.03. The van der Waals surface area contributed by atoms with E-state index in [1.165, 1.54) is 0 Å². The average Bonchev–Trinajstić information content (AvgIpc) is 2.71. The summed E-state index contributed by atoms with van der Waals surface area (Å²) in [4.78, 5) is 15.3. The van der Waals surface area contributed by atoms with Crippen molar-refractivity contribution in [2.75, 3.05) is 12.3 Å². The number of hydrogen-bond donors (Lipinski definition) is 1. The molecule has 2 aromatic rings. The second-order valence-electron chi connectivity index (χ2n) is 3.79. The zero-order chi connectivity index (χ0) is 14.9. The summed E-state index contributed by atoms with van der Waals surface area (Å²) in [5.74, 6) is -2.61. The molecule has 0 saturated carbocycles. The highest BCUT2D eigenvalue weighted by Gasteiger charge is 2.21. The number of anilines is 1. The van der Waals surface area contributed by atoms with Crippen LogP contribution in [0, 0.1) is 11.6 Å². The largest absolute Gasteiger partial charge is 0.461 e. The number of rotatable bonds is 3. The van der Waals surface area contributed by atoms with Crippen LogP contribution in [-0.4, -0.2) is 22.1 Å². The number of aromatic nitrogens is 2. The lowest BCUT2D eigenvalue weighted by atomic mass is 10.3. The van der Waals surface area contributed by atoms with Crippen molar-refractivity contribution in [2.24, 2.45) is 0 Å². The second-order valence-corrected chi connectivity index (χ2v) is 4.70. The van der Waals surface area contributed by atoms with E-state index in [1.54, 1.807) is 6.92 Å². The molecule has 1 aromatic carbocycles. The molecule has 0 aliphatic heterocycles. The monoisotopic (exact) mass is 345 g/mol. The third kappa shape index (κ3) is 2.51. The summed E-state index contributed by atoms with van der Waals surface area (Å²) < 4.78 is 33.7. The number of carbonyl (C=O) groups is 1. The van der Waals surface area contributed by atoms with Gasteiger partial charge < -0.3 is 10.5 Å². The minimum absolute atomic E-state index is 0.145. The summed E-state index contributed by atoms with van der Waals surface area (Å²) >= 11 is 2.98. The van der Waals surface area contributed by atoms with Gasteiger partial charge in [0.1, 0.15) is 17.8 Å². The first-order valence-corrected chi connectivity index (χ1v) is 6.39. The summed E-state index contributed by atoms with van der Waals surface area (Å²) in [6.07, 6.45) is 1.07. The first kappa shape index (κ1) is 14.4. The smallest absolute Gasteiger partial charge is 0.360 e. The maximum Gasteiger partial charge on any atom is 0.360 e. The molecule has 0 unspecified atom stereocenters. The molecular formula is C12H10BrF2N3O2. The van der Waals surface area contributed by atoms with Gasteiger partial charge in [-0.05, 0) is 19.1 Å². The number of nitrogens with two attached hydrogens (primary N) is 1. The van der Waals surface area contributed by atoms with Gasteiger partial charge in [-0.25, -0.2) is 18.6 Å². The quantitative estimate of drug-likeness (QED) is 0.868. The van der Waals surface area contributed by atoms with Crippen molar-refractivity contribution in [1.82, 2.24) is 9.55 Å². The number of halogens is 3. The molecule has 0 fully saturated rings. The molecule has 2 N–H and O–H groups in total. The molecular weight excluding hydrogens is 336 g/mol. The third-order valence-corrected chi connectivity index (χ3v) is 2.95. The number of carbonyl (C=O) groups excluding carboxylic acids is 1. The molecule has 0 aliphatic rings. The molecule has 1 heterocycles. The first-order valence-electron chi connectivity index (χ1n) is 5.60. The fourth-order valence-electron chi connectivity index (χ4n) is 1.66. The van der Waals surface area contributed by atoms with Crippen LogP contribution in [-0.2, 0) is 4.74 Å². The lowest BCUT2D eigenvalue weighted by Gasteiger charge is -2.08. The van der Waals surface area contributed by atoms with E-state index >= 15 is 0 Å². The molecule has 0 aliphatic carbocycles. The molecule has 5 nitrogen and oxygen atoms in total. The molecule has 0 radical (unpaired) electrons. The van der Waals surface area contributed by atoms with E-state index in [9.17, 15) is 13.6 Å². The summed E-state index contributed by atoms with van der Waals surface area (Å²) in [7, 11) is 0. The van der Waals surface area contributed by atoms with Gasteiger partial charge in [0.25, 0.3) is 0 Å². The predicted octanol–water partition coefficient (Wildman–Crippen LogP) is 2.67. The Labute approximate surface area is 121 Å². The van der Waals surface area contributed by atoms with Gasteiger partial charge >= 0.3 is 5.97 Å². The van der Waals surface area contributed by atoms with Gasteiger partial charge in [0, 0.05) is 4.47 Å². The van der Waals surface area contributed by atoms with Crippen molar-refractivity contribution in [1.29, 1.82) is 0 Å². The maximum absolute atomic E-state index is 13.8. The first-order chi connectivity index (χ1) is 9.45. The Balaban J connectivity index is 2.53. The topological polar surface area (TPSA) is 70.1 Å². The number of hydrogen-bond acceptors (Lipinski definition) is 4. The van der Waals surface area contributed by atoms with Crippen LogP contribution in [0.2, 0.25) is 0 Å². The molecule has 0 bridgehead atoms. The van der Waals surface area contributed by atoms with Gasteiger partial charge in [-0.1, -0.05) is 15.9 Å². The van der Waals surface area contributed by atoms with Crippen molar-refractivity contribution < 1.29 is 18.3 Å². The molecule has 0 amide bonds. The van der Waals surface area contributed by atoms with Gasteiger partial charge in [-0.2, -0.15) is 0 Å². The van der Waals surface area contributed by atoms with Crippen LogP contribution >= 0.6 is 15.9 Å². The van der Waals surface area contributed by atoms with E-state index in [0.717, 1.165) is 23.0 Å². The molecule has 0 saturated heterocycles. The average molecular weight is 346 g/mol. The van der Waals surface area contributed by atoms with Crippen LogP contribution < -0.4 is 5.73 Å².